The molecule has 2 heterocycles. The minimum absolute atomic E-state index is 0.646. The Labute approximate surface area is 98.8 Å². The number of hydrogen-bond acceptors (Lipinski definition) is 2. The molecule has 2 aliphatic rings. The van der Waals surface area contributed by atoms with Gasteiger partial charge >= 0.3 is 0 Å². The number of hydrogen-bond donors (Lipinski definition) is 0. The molecule has 0 spiro atoms. The van der Waals surface area contributed by atoms with Gasteiger partial charge in [-0.25, -0.2) is 4.98 Å². The zero-order valence-corrected chi connectivity index (χ0v) is 10.3. The van der Waals surface area contributed by atoms with Crippen LogP contribution in [0.4, 0.5) is 5.82 Å². The molecule has 0 radical (unpaired) electrons. The summed E-state index contributed by atoms with van der Waals surface area (Å²) in [5, 5.41) is 0. The van der Waals surface area contributed by atoms with Gasteiger partial charge in [-0.15, -0.1) is 0 Å². The fraction of sp³-hybridized carbons (Fsp3) is 0.583. The number of aromatic nitrogens is 1. The number of halogens is 1. The van der Waals surface area contributed by atoms with Crippen LogP contribution >= 0.6 is 15.9 Å². The van der Waals surface area contributed by atoms with Crippen molar-refractivity contribution in [1.82, 2.24) is 4.98 Å². The molecular formula is C12H15BrN2. The van der Waals surface area contributed by atoms with Crippen molar-refractivity contribution in [3.05, 3.63) is 23.4 Å². The monoisotopic (exact) mass is 266 g/mol. The molecule has 1 aromatic heterocycles. The van der Waals surface area contributed by atoms with Gasteiger partial charge in [0.25, 0.3) is 0 Å². The number of rotatable bonds is 1. The molecule has 80 valence electrons. The summed E-state index contributed by atoms with van der Waals surface area (Å²) in [6.45, 7) is 2.24. The second-order valence-corrected chi connectivity index (χ2v) is 5.76. The molecule has 1 fully saturated rings. The number of anilines is 1. The Morgan fingerprint density at radius 3 is 3.07 bits per heavy atom. The lowest BCUT2D eigenvalue weighted by molar-refractivity contribution is 0.888. The molecule has 1 saturated heterocycles. The Hall–Kier alpha value is -0.570. The molecule has 0 bridgehead atoms. The van der Waals surface area contributed by atoms with Crippen LogP contribution < -0.4 is 4.90 Å². The van der Waals surface area contributed by atoms with Gasteiger partial charge in [0, 0.05) is 23.6 Å². The van der Waals surface area contributed by atoms with Gasteiger partial charge in [-0.2, -0.15) is 0 Å². The van der Waals surface area contributed by atoms with E-state index in [0.29, 0.717) is 4.83 Å². The van der Waals surface area contributed by atoms with Gasteiger partial charge in [0.15, 0.2) is 0 Å². The van der Waals surface area contributed by atoms with Gasteiger partial charge in [-0.05, 0) is 37.3 Å². The van der Waals surface area contributed by atoms with Crippen LogP contribution in [-0.2, 0) is 12.8 Å². The minimum atomic E-state index is 0.646. The predicted molar refractivity (Wildman–Crippen MR) is 65.8 cm³/mol. The molecule has 15 heavy (non-hydrogen) atoms. The van der Waals surface area contributed by atoms with E-state index in [9.17, 15) is 0 Å². The first-order chi connectivity index (χ1) is 7.33. The van der Waals surface area contributed by atoms with Crippen LogP contribution in [0.2, 0.25) is 0 Å². The lowest BCUT2D eigenvalue weighted by atomic mass is 10.2. The molecule has 3 heteroatoms. The van der Waals surface area contributed by atoms with Crippen molar-refractivity contribution in [2.24, 2.45) is 0 Å². The van der Waals surface area contributed by atoms with E-state index in [1.165, 1.54) is 42.8 Å². The van der Waals surface area contributed by atoms with Crippen LogP contribution in [-0.4, -0.2) is 22.9 Å². The van der Waals surface area contributed by atoms with Crippen molar-refractivity contribution in [2.75, 3.05) is 18.0 Å². The van der Waals surface area contributed by atoms with Gasteiger partial charge in [-0.3, -0.25) is 0 Å². The van der Waals surface area contributed by atoms with E-state index in [2.05, 4.69) is 33.0 Å². The summed E-state index contributed by atoms with van der Waals surface area (Å²) in [6, 6.07) is 4.46. The van der Waals surface area contributed by atoms with Gasteiger partial charge in [0.2, 0.25) is 0 Å². The van der Waals surface area contributed by atoms with Crippen LogP contribution in [0.3, 0.4) is 0 Å². The van der Waals surface area contributed by atoms with E-state index in [-0.39, 0.29) is 0 Å². The van der Waals surface area contributed by atoms with Crippen molar-refractivity contribution in [2.45, 2.75) is 30.5 Å². The number of nitrogens with zero attached hydrogens (tertiary/aromatic N) is 2. The van der Waals surface area contributed by atoms with E-state index >= 15 is 0 Å². The molecule has 1 aromatic rings. The standard InChI is InChI=1S/C12H15BrN2/c13-10-6-7-15(8-10)12-5-4-9-2-1-3-11(9)14-12/h4-5,10H,1-3,6-8H2. The number of fused-ring (bicyclic) bond motifs is 1. The molecule has 0 aromatic carbocycles. The zero-order chi connectivity index (χ0) is 10.3. The highest BCUT2D eigenvalue weighted by Gasteiger charge is 2.22. The quantitative estimate of drug-likeness (QED) is 0.727. The van der Waals surface area contributed by atoms with E-state index in [4.69, 9.17) is 4.98 Å². The summed E-state index contributed by atoms with van der Waals surface area (Å²) in [5.41, 5.74) is 2.80. The Bertz CT molecular complexity index is 378. The van der Waals surface area contributed by atoms with Crippen LogP contribution in [0.15, 0.2) is 12.1 Å². The second-order valence-electron chi connectivity index (χ2n) is 4.46. The Balaban J connectivity index is 1.87. The number of alkyl halides is 1. The summed E-state index contributed by atoms with van der Waals surface area (Å²) in [4.78, 5) is 7.81. The molecule has 0 N–H and O–H groups in total. The third kappa shape index (κ3) is 1.78. The van der Waals surface area contributed by atoms with Crippen molar-refractivity contribution in [3.63, 3.8) is 0 Å². The molecule has 2 nitrogen and oxygen atoms in total. The van der Waals surface area contributed by atoms with E-state index in [0.717, 1.165) is 13.1 Å². The predicted octanol–water partition coefficient (Wildman–Crippen LogP) is 2.54. The van der Waals surface area contributed by atoms with E-state index in [1.54, 1.807) is 0 Å². The van der Waals surface area contributed by atoms with Crippen molar-refractivity contribution < 1.29 is 0 Å². The Kier molecular flexibility index (Phi) is 2.43. The normalized spacial score (nSPS) is 24.6. The topological polar surface area (TPSA) is 16.1 Å². The lowest BCUT2D eigenvalue weighted by Gasteiger charge is -2.17. The average Bonchev–Trinajstić information content (AvgIpc) is 2.84. The molecule has 1 aliphatic carbocycles. The summed E-state index contributed by atoms with van der Waals surface area (Å²) >= 11 is 3.67. The van der Waals surface area contributed by atoms with Crippen molar-refractivity contribution in [3.8, 4) is 0 Å². The van der Waals surface area contributed by atoms with Gasteiger partial charge in [0.05, 0.1) is 0 Å². The number of pyridine rings is 1. The summed E-state index contributed by atoms with van der Waals surface area (Å²) in [6.07, 6.45) is 4.92. The highest BCUT2D eigenvalue weighted by molar-refractivity contribution is 9.09. The Morgan fingerprint density at radius 2 is 2.27 bits per heavy atom. The maximum absolute atomic E-state index is 4.77. The largest absolute Gasteiger partial charge is 0.355 e. The molecule has 0 saturated carbocycles. The first kappa shape index (κ1) is 9.64. The fourth-order valence-corrected chi connectivity index (χ4v) is 3.07. The third-order valence-corrected chi connectivity index (χ3v) is 4.12. The first-order valence-corrected chi connectivity index (χ1v) is 6.62. The van der Waals surface area contributed by atoms with Gasteiger partial charge in [0.1, 0.15) is 5.82 Å². The Morgan fingerprint density at radius 1 is 1.33 bits per heavy atom. The van der Waals surface area contributed by atoms with E-state index in [1.807, 2.05) is 0 Å². The first-order valence-electron chi connectivity index (χ1n) is 5.71. The molecular weight excluding hydrogens is 252 g/mol. The molecule has 1 aliphatic heterocycles. The van der Waals surface area contributed by atoms with Crippen LogP contribution in [0.5, 0.6) is 0 Å². The highest BCUT2D eigenvalue weighted by atomic mass is 79.9. The van der Waals surface area contributed by atoms with E-state index < -0.39 is 0 Å². The van der Waals surface area contributed by atoms with Crippen LogP contribution in [0.25, 0.3) is 0 Å². The number of aryl methyl sites for hydroxylation is 2. The molecule has 3 rings (SSSR count). The smallest absolute Gasteiger partial charge is 0.128 e. The summed E-state index contributed by atoms with van der Waals surface area (Å²) in [5.74, 6) is 1.18. The minimum Gasteiger partial charge on any atom is -0.355 e. The highest BCUT2D eigenvalue weighted by Crippen LogP contribution is 2.26. The van der Waals surface area contributed by atoms with Crippen LogP contribution in [0, 0.1) is 0 Å². The van der Waals surface area contributed by atoms with Crippen LogP contribution in [0.1, 0.15) is 24.1 Å². The average molecular weight is 267 g/mol. The lowest BCUT2D eigenvalue weighted by Crippen LogP contribution is -2.21. The fourth-order valence-electron chi connectivity index (χ4n) is 2.51. The molecule has 1 unspecified atom stereocenters. The molecule has 0 amide bonds. The van der Waals surface area contributed by atoms with Gasteiger partial charge < -0.3 is 4.90 Å². The van der Waals surface area contributed by atoms with Crippen molar-refractivity contribution >= 4 is 21.7 Å². The third-order valence-electron chi connectivity index (χ3n) is 3.37. The summed E-state index contributed by atoms with van der Waals surface area (Å²) < 4.78 is 0. The van der Waals surface area contributed by atoms with Crippen molar-refractivity contribution in [1.29, 1.82) is 0 Å². The second kappa shape index (κ2) is 3.78. The maximum atomic E-state index is 4.77. The SMILES string of the molecule is BrC1CCN(c2ccc3c(n2)CCC3)C1. The van der Waals surface area contributed by atoms with Gasteiger partial charge in [-0.1, -0.05) is 22.0 Å². The summed E-state index contributed by atoms with van der Waals surface area (Å²) in [7, 11) is 0. The molecule has 1 atom stereocenters. The zero-order valence-electron chi connectivity index (χ0n) is 8.75. The maximum Gasteiger partial charge on any atom is 0.128 e.